The van der Waals surface area contributed by atoms with E-state index in [1.54, 1.807) is 22.9 Å². The van der Waals surface area contributed by atoms with E-state index in [4.69, 9.17) is 0 Å². The molecule has 0 saturated carbocycles. The van der Waals surface area contributed by atoms with Gasteiger partial charge < -0.3 is 15.3 Å². The summed E-state index contributed by atoms with van der Waals surface area (Å²) in [6.07, 6.45) is 0.719. The second kappa shape index (κ2) is 9.59. The molecule has 0 spiro atoms. The van der Waals surface area contributed by atoms with Crippen molar-refractivity contribution in [2.45, 2.75) is 19.6 Å². The number of hydrogen-bond donors (Lipinski definition) is 2. The lowest BCUT2D eigenvalue weighted by atomic mass is 9.96. The third-order valence-corrected chi connectivity index (χ3v) is 5.06. The lowest BCUT2D eigenvalue weighted by Gasteiger charge is -2.14. The summed E-state index contributed by atoms with van der Waals surface area (Å²) in [6, 6.07) is 13.6. The van der Waals surface area contributed by atoms with Gasteiger partial charge in [-0.2, -0.15) is 0 Å². The van der Waals surface area contributed by atoms with Gasteiger partial charge in [0.25, 0.3) is 5.91 Å². The molecule has 2 N–H and O–H groups in total. The summed E-state index contributed by atoms with van der Waals surface area (Å²) < 4.78 is 0. The molecular formula is C22H25N3O2S. The van der Waals surface area contributed by atoms with Crippen molar-refractivity contribution in [2.24, 2.45) is 0 Å². The van der Waals surface area contributed by atoms with Crippen LogP contribution in [-0.2, 0) is 19.6 Å². The van der Waals surface area contributed by atoms with Gasteiger partial charge in [0.1, 0.15) is 0 Å². The second-order valence-electron chi connectivity index (χ2n) is 6.95. The highest BCUT2D eigenvalue weighted by Gasteiger charge is 2.10. The highest BCUT2D eigenvalue weighted by Crippen LogP contribution is 2.26. The van der Waals surface area contributed by atoms with E-state index in [2.05, 4.69) is 21.3 Å². The van der Waals surface area contributed by atoms with Crippen LogP contribution in [0.25, 0.3) is 11.1 Å². The Morgan fingerprint density at radius 3 is 2.79 bits per heavy atom. The quantitative estimate of drug-likeness (QED) is 0.614. The molecule has 0 bridgehead atoms. The molecule has 0 saturated heterocycles. The second-order valence-corrected chi connectivity index (χ2v) is 7.67. The van der Waals surface area contributed by atoms with Crippen LogP contribution in [0.5, 0.6) is 0 Å². The number of nitrogens with zero attached hydrogens (tertiary/aromatic N) is 2. The van der Waals surface area contributed by atoms with Crippen molar-refractivity contribution in [3.8, 4) is 11.1 Å². The van der Waals surface area contributed by atoms with Gasteiger partial charge in [-0.25, -0.2) is 4.98 Å². The zero-order valence-corrected chi connectivity index (χ0v) is 17.0. The van der Waals surface area contributed by atoms with Crippen molar-refractivity contribution < 1.29 is 9.90 Å². The van der Waals surface area contributed by atoms with Gasteiger partial charge in [-0.3, -0.25) is 4.79 Å². The maximum Gasteiger partial charge on any atom is 0.251 e. The van der Waals surface area contributed by atoms with Crippen LogP contribution in [0.1, 0.15) is 27.2 Å². The number of aromatic nitrogens is 1. The summed E-state index contributed by atoms with van der Waals surface area (Å²) in [6.45, 7) is 1.32. The fourth-order valence-corrected chi connectivity index (χ4v) is 3.71. The summed E-state index contributed by atoms with van der Waals surface area (Å²) in [5.41, 5.74) is 7.27. The van der Waals surface area contributed by atoms with Crippen molar-refractivity contribution in [1.82, 2.24) is 15.2 Å². The standard InChI is InChI=1S/C22H25N3O2S/c1-25(2)12-16-6-7-21(19(10-16)13-26)17-4-3-5-18(11-17)22(27)23-9-8-20-14-28-15-24-20/h3-7,10-11,14-15,26H,8-9,12-13H2,1-2H3,(H,23,27). The zero-order chi connectivity index (χ0) is 19.9. The van der Waals surface area contributed by atoms with Crippen LogP contribution in [0, 0.1) is 0 Å². The van der Waals surface area contributed by atoms with Crippen LogP contribution in [0.15, 0.2) is 53.4 Å². The van der Waals surface area contributed by atoms with Gasteiger partial charge in [-0.05, 0) is 48.5 Å². The zero-order valence-electron chi connectivity index (χ0n) is 16.2. The third kappa shape index (κ3) is 5.25. The molecule has 0 aliphatic carbocycles. The maximum absolute atomic E-state index is 12.5. The SMILES string of the molecule is CN(C)Cc1ccc(-c2cccc(C(=O)NCCc3cscn3)c2)c(CO)c1. The summed E-state index contributed by atoms with van der Waals surface area (Å²) in [4.78, 5) is 18.8. The Bertz CT molecular complexity index is 923. The van der Waals surface area contributed by atoms with Gasteiger partial charge in [0, 0.05) is 30.5 Å². The highest BCUT2D eigenvalue weighted by atomic mass is 32.1. The fraction of sp³-hybridized carbons (Fsp3) is 0.273. The van der Waals surface area contributed by atoms with E-state index in [1.807, 2.05) is 49.8 Å². The molecule has 0 radical (unpaired) electrons. The number of rotatable bonds is 8. The molecular weight excluding hydrogens is 370 g/mol. The van der Waals surface area contributed by atoms with Gasteiger partial charge in [-0.1, -0.05) is 30.3 Å². The Hall–Kier alpha value is -2.54. The smallest absolute Gasteiger partial charge is 0.251 e. The molecule has 6 heteroatoms. The number of nitrogens with one attached hydrogen (secondary N) is 1. The third-order valence-electron chi connectivity index (χ3n) is 4.42. The Kier molecular flexibility index (Phi) is 6.92. The molecule has 3 rings (SSSR count). The van der Waals surface area contributed by atoms with Gasteiger partial charge in [-0.15, -0.1) is 11.3 Å². The van der Waals surface area contributed by atoms with Crippen LogP contribution >= 0.6 is 11.3 Å². The molecule has 146 valence electrons. The lowest BCUT2D eigenvalue weighted by molar-refractivity contribution is 0.0954. The summed E-state index contributed by atoms with van der Waals surface area (Å²) in [5.74, 6) is -0.105. The van der Waals surface area contributed by atoms with Crippen molar-refractivity contribution in [1.29, 1.82) is 0 Å². The number of carbonyl (C=O) groups is 1. The number of amides is 1. The average Bonchev–Trinajstić information content (AvgIpc) is 3.21. The minimum Gasteiger partial charge on any atom is -0.392 e. The van der Waals surface area contributed by atoms with Crippen molar-refractivity contribution in [3.63, 3.8) is 0 Å². The minimum absolute atomic E-state index is 0.0410. The predicted molar refractivity (Wildman–Crippen MR) is 113 cm³/mol. The monoisotopic (exact) mass is 395 g/mol. The molecule has 28 heavy (non-hydrogen) atoms. The molecule has 2 aromatic carbocycles. The number of benzene rings is 2. The molecule has 5 nitrogen and oxygen atoms in total. The molecule has 0 aliphatic rings. The summed E-state index contributed by atoms with van der Waals surface area (Å²) in [7, 11) is 4.03. The molecule has 0 aliphatic heterocycles. The van der Waals surface area contributed by atoms with Crippen LogP contribution < -0.4 is 5.32 Å². The Morgan fingerprint density at radius 1 is 1.21 bits per heavy atom. The Balaban J connectivity index is 1.74. The normalized spacial score (nSPS) is 11.0. The number of aliphatic hydroxyl groups excluding tert-OH is 1. The molecule has 3 aromatic rings. The Morgan fingerprint density at radius 2 is 2.07 bits per heavy atom. The van der Waals surface area contributed by atoms with E-state index in [1.165, 1.54) is 0 Å². The van der Waals surface area contributed by atoms with Gasteiger partial charge >= 0.3 is 0 Å². The Labute approximate surface area is 169 Å². The first kappa shape index (κ1) is 20.2. The highest BCUT2D eigenvalue weighted by molar-refractivity contribution is 7.07. The average molecular weight is 396 g/mol. The molecule has 0 fully saturated rings. The number of carbonyl (C=O) groups excluding carboxylic acids is 1. The first-order valence-electron chi connectivity index (χ1n) is 9.20. The van der Waals surface area contributed by atoms with E-state index in [-0.39, 0.29) is 12.5 Å². The number of thiazole rings is 1. The van der Waals surface area contributed by atoms with Crippen LogP contribution in [0.3, 0.4) is 0 Å². The summed E-state index contributed by atoms with van der Waals surface area (Å²) in [5, 5.41) is 14.8. The van der Waals surface area contributed by atoms with Crippen molar-refractivity contribution >= 4 is 17.2 Å². The molecule has 0 unspecified atom stereocenters. The van der Waals surface area contributed by atoms with Crippen LogP contribution in [0.4, 0.5) is 0 Å². The first-order valence-corrected chi connectivity index (χ1v) is 10.1. The lowest BCUT2D eigenvalue weighted by Crippen LogP contribution is -2.25. The maximum atomic E-state index is 12.5. The van der Waals surface area contributed by atoms with Gasteiger partial charge in [0.05, 0.1) is 17.8 Å². The number of hydrogen-bond acceptors (Lipinski definition) is 5. The topological polar surface area (TPSA) is 65.5 Å². The molecule has 1 amide bonds. The van der Waals surface area contributed by atoms with E-state index < -0.39 is 0 Å². The van der Waals surface area contributed by atoms with Crippen molar-refractivity contribution in [2.75, 3.05) is 20.6 Å². The molecule has 0 atom stereocenters. The molecule has 1 aromatic heterocycles. The predicted octanol–water partition coefficient (Wildman–Crippen LogP) is 3.34. The van der Waals surface area contributed by atoms with E-state index >= 15 is 0 Å². The van der Waals surface area contributed by atoms with E-state index in [0.29, 0.717) is 12.1 Å². The van der Waals surface area contributed by atoms with Gasteiger partial charge in [0.15, 0.2) is 0 Å². The largest absolute Gasteiger partial charge is 0.392 e. The summed E-state index contributed by atoms with van der Waals surface area (Å²) >= 11 is 1.55. The van der Waals surface area contributed by atoms with Crippen LogP contribution in [0.2, 0.25) is 0 Å². The van der Waals surface area contributed by atoms with Gasteiger partial charge in [0.2, 0.25) is 0 Å². The first-order chi connectivity index (χ1) is 13.6. The van der Waals surface area contributed by atoms with Crippen molar-refractivity contribution in [3.05, 3.63) is 75.7 Å². The fourth-order valence-electron chi connectivity index (χ4n) is 3.12. The van der Waals surface area contributed by atoms with E-state index in [0.717, 1.165) is 40.9 Å². The van der Waals surface area contributed by atoms with Crippen LogP contribution in [-0.4, -0.2) is 41.5 Å². The van der Waals surface area contributed by atoms with E-state index in [9.17, 15) is 9.90 Å². The minimum atomic E-state index is -0.105. The number of aliphatic hydroxyl groups is 1. The molecule has 1 heterocycles.